The number of hydrogen-bond acceptors (Lipinski definition) is 5. The lowest BCUT2D eigenvalue weighted by Crippen LogP contribution is -2.50. The van der Waals surface area contributed by atoms with E-state index in [2.05, 4.69) is 32.4 Å². The van der Waals surface area contributed by atoms with Gasteiger partial charge in [-0.1, -0.05) is 25.8 Å². The van der Waals surface area contributed by atoms with Gasteiger partial charge >= 0.3 is 0 Å². The number of unbranched alkanes of at least 4 members (excludes halogenated alkanes) is 2. The number of aliphatic imine (C=N–C) groups is 1. The molecule has 1 aromatic rings. The van der Waals surface area contributed by atoms with Crippen LogP contribution >= 0.6 is 24.0 Å². The zero-order chi connectivity index (χ0) is 20.2. The van der Waals surface area contributed by atoms with Crippen molar-refractivity contribution in [2.75, 3.05) is 56.5 Å². The Bertz CT molecular complexity index is 694. The van der Waals surface area contributed by atoms with Crippen molar-refractivity contribution in [2.24, 2.45) is 4.99 Å². The average Bonchev–Trinajstić information content (AvgIpc) is 2.72. The van der Waals surface area contributed by atoms with Crippen molar-refractivity contribution in [2.45, 2.75) is 33.1 Å². The topological polar surface area (TPSA) is 89.9 Å². The average molecular weight is 539 g/mol. The first kappa shape index (κ1) is 25.9. The highest BCUT2D eigenvalue weighted by atomic mass is 127. The lowest BCUT2D eigenvalue weighted by Gasteiger charge is -2.34. The third-order valence-corrected chi connectivity index (χ3v) is 6.51. The molecule has 0 unspecified atom stereocenters. The number of sulfonamides is 1. The Labute approximate surface area is 192 Å². The van der Waals surface area contributed by atoms with E-state index >= 15 is 0 Å². The summed E-state index contributed by atoms with van der Waals surface area (Å²) in [6.07, 6.45) is 5.12. The molecule has 2 rings (SSSR count). The number of nitrogens with zero attached hydrogens (tertiary/aromatic N) is 4. The normalized spacial score (nSPS) is 15.7. The van der Waals surface area contributed by atoms with Gasteiger partial charge in [0.2, 0.25) is 10.0 Å². The summed E-state index contributed by atoms with van der Waals surface area (Å²) in [6.45, 7) is 8.31. The van der Waals surface area contributed by atoms with Crippen molar-refractivity contribution < 1.29 is 8.42 Å². The fourth-order valence-electron chi connectivity index (χ4n) is 3.06. The Morgan fingerprint density at radius 2 is 1.90 bits per heavy atom. The number of anilines is 1. The van der Waals surface area contributed by atoms with Crippen molar-refractivity contribution in [3.8, 4) is 0 Å². The van der Waals surface area contributed by atoms with Gasteiger partial charge in [-0.05, 0) is 25.5 Å². The van der Waals surface area contributed by atoms with Gasteiger partial charge in [0, 0.05) is 52.0 Å². The summed E-state index contributed by atoms with van der Waals surface area (Å²) in [4.78, 5) is 11.0. The first-order valence-electron chi connectivity index (χ1n) is 10.2. The number of aromatic nitrogens is 1. The summed E-state index contributed by atoms with van der Waals surface area (Å²) in [5, 5.41) is 6.31. The van der Waals surface area contributed by atoms with Crippen LogP contribution in [0.4, 0.5) is 5.82 Å². The molecule has 1 aliphatic heterocycles. The molecule has 166 valence electrons. The number of hydrogen-bond donors (Lipinski definition) is 2. The maximum absolute atomic E-state index is 12.7. The Morgan fingerprint density at radius 1 is 1.14 bits per heavy atom. The molecule has 2 N–H and O–H groups in total. The molecule has 0 saturated carbocycles. The van der Waals surface area contributed by atoms with Crippen molar-refractivity contribution in [3.63, 3.8) is 0 Å². The quantitative estimate of drug-likeness (QED) is 0.205. The minimum absolute atomic E-state index is 0. The van der Waals surface area contributed by atoms with Crippen LogP contribution in [0.15, 0.2) is 29.4 Å². The second-order valence-electron chi connectivity index (χ2n) is 6.78. The maximum Gasteiger partial charge on any atom is 0.215 e. The van der Waals surface area contributed by atoms with E-state index in [0.29, 0.717) is 38.7 Å². The molecule has 2 heterocycles. The molecule has 0 atom stereocenters. The van der Waals surface area contributed by atoms with Crippen LogP contribution in [0.2, 0.25) is 0 Å². The summed E-state index contributed by atoms with van der Waals surface area (Å²) in [5.41, 5.74) is 0. The summed E-state index contributed by atoms with van der Waals surface area (Å²) >= 11 is 0. The van der Waals surface area contributed by atoms with Crippen molar-refractivity contribution >= 4 is 45.8 Å². The SMILES string of the molecule is CCCCCN=C(NCC)NCCS(=O)(=O)N1CCN(c2ccccn2)CC1.I. The Morgan fingerprint density at radius 3 is 2.52 bits per heavy atom. The number of rotatable bonds is 10. The molecule has 1 aromatic heterocycles. The van der Waals surface area contributed by atoms with E-state index in [1.165, 1.54) is 0 Å². The van der Waals surface area contributed by atoms with Crippen LogP contribution in [0, 0.1) is 0 Å². The predicted octanol–water partition coefficient (Wildman–Crippen LogP) is 1.90. The zero-order valence-electron chi connectivity index (χ0n) is 17.5. The molecule has 0 amide bonds. The van der Waals surface area contributed by atoms with Crippen molar-refractivity contribution in [1.29, 1.82) is 0 Å². The van der Waals surface area contributed by atoms with Gasteiger partial charge in [-0.2, -0.15) is 4.31 Å². The van der Waals surface area contributed by atoms with Crippen LogP contribution in [-0.2, 0) is 10.0 Å². The minimum atomic E-state index is -3.29. The van der Waals surface area contributed by atoms with E-state index in [1.807, 2.05) is 25.1 Å². The monoisotopic (exact) mass is 538 g/mol. The number of piperazine rings is 1. The second-order valence-corrected chi connectivity index (χ2v) is 8.87. The van der Waals surface area contributed by atoms with Gasteiger partial charge in [-0.25, -0.2) is 13.4 Å². The van der Waals surface area contributed by atoms with E-state index in [9.17, 15) is 8.42 Å². The van der Waals surface area contributed by atoms with Gasteiger partial charge in [-0.15, -0.1) is 24.0 Å². The van der Waals surface area contributed by atoms with E-state index in [1.54, 1.807) is 10.5 Å². The maximum atomic E-state index is 12.7. The molecule has 1 fully saturated rings. The Balaban J connectivity index is 0.00000420. The summed E-state index contributed by atoms with van der Waals surface area (Å²) in [7, 11) is -3.29. The summed E-state index contributed by atoms with van der Waals surface area (Å²) in [6, 6.07) is 5.78. The first-order chi connectivity index (χ1) is 13.6. The molecule has 29 heavy (non-hydrogen) atoms. The first-order valence-corrected chi connectivity index (χ1v) is 11.8. The minimum Gasteiger partial charge on any atom is -0.357 e. The van der Waals surface area contributed by atoms with Crippen LogP contribution in [0.5, 0.6) is 0 Å². The van der Waals surface area contributed by atoms with E-state index < -0.39 is 10.0 Å². The van der Waals surface area contributed by atoms with Crippen molar-refractivity contribution in [1.82, 2.24) is 19.9 Å². The van der Waals surface area contributed by atoms with Gasteiger partial charge in [0.25, 0.3) is 0 Å². The highest BCUT2D eigenvalue weighted by Crippen LogP contribution is 2.14. The number of halogens is 1. The zero-order valence-corrected chi connectivity index (χ0v) is 20.7. The number of pyridine rings is 1. The van der Waals surface area contributed by atoms with Gasteiger partial charge in [-0.3, -0.25) is 4.99 Å². The Kier molecular flexibility index (Phi) is 12.5. The lowest BCUT2D eigenvalue weighted by molar-refractivity contribution is 0.384. The van der Waals surface area contributed by atoms with Crippen LogP contribution in [0.3, 0.4) is 0 Å². The van der Waals surface area contributed by atoms with Gasteiger partial charge < -0.3 is 15.5 Å². The van der Waals surface area contributed by atoms with Gasteiger partial charge in [0.15, 0.2) is 5.96 Å². The molecular formula is C19H35IN6O2S. The Hall–Kier alpha value is -1.14. The van der Waals surface area contributed by atoms with Crippen LogP contribution in [0.1, 0.15) is 33.1 Å². The standard InChI is InChI=1S/C19H34N6O2S.HI/c1-3-5-7-11-22-19(20-4-2)23-12-17-28(26,27)25-15-13-24(14-16-25)18-9-6-8-10-21-18;/h6,8-10H,3-5,7,11-17H2,1-2H3,(H2,20,22,23);1H. The third kappa shape index (κ3) is 9.04. The second kappa shape index (κ2) is 14.0. The van der Waals surface area contributed by atoms with E-state index in [0.717, 1.165) is 38.2 Å². The van der Waals surface area contributed by atoms with Crippen molar-refractivity contribution in [3.05, 3.63) is 24.4 Å². The molecule has 0 spiro atoms. The lowest BCUT2D eigenvalue weighted by atomic mass is 10.2. The molecule has 0 aliphatic carbocycles. The predicted molar refractivity (Wildman–Crippen MR) is 131 cm³/mol. The van der Waals surface area contributed by atoms with Crippen LogP contribution in [0.25, 0.3) is 0 Å². The molecule has 1 aliphatic rings. The fourth-order valence-corrected chi connectivity index (χ4v) is 4.40. The third-order valence-electron chi connectivity index (χ3n) is 4.63. The van der Waals surface area contributed by atoms with E-state index in [-0.39, 0.29) is 29.7 Å². The highest BCUT2D eigenvalue weighted by molar-refractivity contribution is 14.0. The van der Waals surface area contributed by atoms with Crippen LogP contribution in [-0.4, -0.2) is 75.2 Å². The smallest absolute Gasteiger partial charge is 0.215 e. The molecule has 10 heteroatoms. The largest absolute Gasteiger partial charge is 0.357 e. The number of guanidine groups is 1. The van der Waals surface area contributed by atoms with Gasteiger partial charge in [0.05, 0.1) is 5.75 Å². The molecule has 0 bridgehead atoms. The summed E-state index contributed by atoms with van der Waals surface area (Å²) < 4.78 is 26.9. The van der Waals surface area contributed by atoms with Gasteiger partial charge in [0.1, 0.15) is 5.82 Å². The highest BCUT2D eigenvalue weighted by Gasteiger charge is 2.27. The molecule has 8 nitrogen and oxygen atoms in total. The fraction of sp³-hybridized carbons (Fsp3) is 0.684. The van der Waals surface area contributed by atoms with E-state index in [4.69, 9.17) is 0 Å². The molecule has 0 aromatic carbocycles. The molecule has 0 radical (unpaired) electrons. The molecule has 1 saturated heterocycles. The van der Waals surface area contributed by atoms with Crippen LogP contribution < -0.4 is 15.5 Å². The molecular weight excluding hydrogens is 503 g/mol. The summed E-state index contributed by atoms with van der Waals surface area (Å²) in [5.74, 6) is 1.65. The number of nitrogens with one attached hydrogen (secondary N) is 2.